The van der Waals surface area contributed by atoms with Crippen LogP contribution in [0.1, 0.15) is 41.1 Å². The maximum Gasteiger partial charge on any atom is 0.253 e. The van der Waals surface area contributed by atoms with E-state index >= 15 is 0 Å². The van der Waals surface area contributed by atoms with Gasteiger partial charge in [0.2, 0.25) is 5.91 Å². The fourth-order valence-corrected chi connectivity index (χ4v) is 3.94. The van der Waals surface area contributed by atoms with E-state index in [1.54, 1.807) is 17.0 Å². The van der Waals surface area contributed by atoms with Gasteiger partial charge in [-0.2, -0.15) is 0 Å². The zero-order valence-electron chi connectivity index (χ0n) is 15.8. The van der Waals surface area contributed by atoms with Gasteiger partial charge in [0.25, 0.3) is 5.91 Å². The van der Waals surface area contributed by atoms with Gasteiger partial charge in [0.05, 0.1) is 5.92 Å². The van der Waals surface area contributed by atoms with Crippen molar-refractivity contribution in [3.05, 3.63) is 71.5 Å². The highest BCUT2D eigenvalue weighted by Crippen LogP contribution is 2.32. The van der Waals surface area contributed by atoms with E-state index in [0.717, 1.165) is 12.1 Å². The first-order valence-electron chi connectivity index (χ1n) is 9.97. The number of carbonyl (C=O) groups is 2. The SMILES string of the molecule is O=C(NCC1CC1)[C@@H]1C[C@H](c2ccccc2)CN(C(=O)c2cccc(F)c2)C1. The van der Waals surface area contributed by atoms with Crippen LogP contribution in [0.4, 0.5) is 4.39 Å². The van der Waals surface area contributed by atoms with Gasteiger partial charge in [-0.1, -0.05) is 36.4 Å². The molecule has 4 rings (SSSR count). The highest BCUT2D eigenvalue weighted by molar-refractivity contribution is 5.94. The topological polar surface area (TPSA) is 49.4 Å². The molecule has 2 fully saturated rings. The Morgan fingerprint density at radius 3 is 2.54 bits per heavy atom. The normalized spacial score (nSPS) is 22.0. The average Bonchev–Trinajstić information content (AvgIpc) is 3.56. The number of amides is 2. The van der Waals surface area contributed by atoms with Crippen LogP contribution in [0, 0.1) is 17.7 Å². The third-order valence-corrected chi connectivity index (χ3v) is 5.71. The number of nitrogens with one attached hydrogen (secondary N) is 1. The smallest absolute Gasteiger partial charge is 0.253 e. The summed E-state index contributed by atoms with van der Waals surface area (Å²) in [5.74, 6) is -0.187. The van der Waals surface area contributed by atoms with Gasteiger partial charge in [-0.25, -0.2) is 4.39 Å². The van der Waals surface area contributed by atoms with Crippen molar-refractivity contribution in [3.63, 3.8) is 0 Å². The summed E-state index contributed by atoms with van der Waals surface area (Å²) in [4.78, 5) is 27.5. The van der Waals surface area contributed by atoms with Crippen LogP contribution in [0.15, 0.2) is 54.6 Å². The molecule has 28 heavy (non-hydrogen) atoms. The Morgan fingerprint density at radius 2 is 1.82 bits per heavy atom. The second-order valence-corrected chi connectivity index (χ2v) is 7.95. The molecule has 0 aromatic heterocycles. The molecule has 0 spiro atoms. The number of hydrogen-bond acceptors (Lipinski definition) is 2. The van der Waals surface area contributed by atoms with Crippen LogP contribution in [0.5, 0.6) is 0 Å². The second kappa shape index (κ2) is 8.13. The maximum atomic E-state index is 13.6. The summed E-state index contributed by atoms with van der Waals surface area (Å²) < 4.78 is 13.6. The maximum absolute atomic E-state index is 13.6. The van der Waals surface area contributed by atoms with Crippen LogP contribution >= 0.6 is 0 Å². The van der Waals surface area contributed by atoms with Gasteiger partial charge in [0, 0.05) is 31.1 Å². The highest BCUT2D eigenvalue weighted by Gasteiger charge is 2.35. The molecule has 1 aliphatic heterocycles. The van der Waals surface area contributed by atoms with E-state index in [2.05, 4.69) is 5.32 Å². The number of carbonyl (C=O) groups excluding carboxylic acids is 2. The highest BCUT2D eigenvalue weighted by atomic mass is 19.1. The lowest BCUT2D eigenvalue weighted by molar-refractivity contribution is -0.126. The lowest BCUT2D eigenvalue weighted by Crippen LogP contribution is -2.48. The molecule has 1 saturated carbocycles. The third-order valence-electron chi connectivity index (χ3n) is 5.71. The average molecular weight is 380 g/mol. The summed E-state index contributed by atoms with van der Waals surface area (Å²) in [7, 11) is 0. The zero-order chi connectivity index (χ0) is 19.5. The molecule has 2 atom stereocenters. The number of halogens is 1. The first kappa shape index (κ1) is 18.7. The number of nitrogens with zero attached hydrogens (tertiary/aromatic N) is 1. The van der Waals surface area contributed by atoms with E-state index in [1.165, 1.54) is 25.0 Å². The van der Waals surface area contributed by atoms with E-state index < -0.39 is 5.82 Å². The monoisotopic (exact) mass is 380 g/mol. The number of piperidine rings is 1. The molecule has 5 heteroatoms. The van der Waals surface area contributed by atoms with Crippen molar-refractivity contribution < 1.29 is 14.0 Å². The quantitative estimate of drug-likeness (QED) is 0.862. The van der Waals surface area contributed by atoms with E-state index in [0.29, 0.717) is 31.0 Å². The minimum Gasteiger partial charge on any atom is -0.356 e. The van der Waals surface area contributed by atoms with Gasteiger partial charge in [-0.05, 0) is 48.9 Å². The van der Waals surface area contributed by atoms with Gasteiger partial charge in [0.1, 0.15) is 5.82 Å². The van der Waals surface area contributed by atoms with Crippen LogP contribution in [0.2, 0.25) is 0 Å². The van der Waals surface area contributed by atoms with E-state index in [-0.39, 0.29) is 23.7 Å². The Labute approximate surface area is 164 Å². The molecule has 0 radical (unpaired) electrons. The van der Waals surface area contributed by atoms with Crippen molar-refractivity contribution in [1.29, 1.82) is 0 Å². The van der Waals surface area contributed by atoms with Crippen molar-refractivity contribution >= 4 is 11.8 Å². The molecule has 146 valence electrons. The van der Waals surface area contributed by atoms with Crippen molar-refractivity contribution in [2.24, 2.45) is 11.8 Å². The lowest BCUT2D eigenvalue weighted by atomic mass is 9.83. The summed E-state index contributed by atoms with van der Waals surface area (Å²) >= 11 is 0. The number of rotatable bonds is 5. The van der Waals surface area contributed by atoms with Gasteiger partial charge in [-0.3, -0.25) is 9.59 Å². The number of likely N-dealkylation sites (tertiary alicyclic amines) is 1. The zero-order valence-corrected chi connectivity index (χ0v) is 15.8. The van der Waals surface area contributed by atoms with Crippen molar-refractivity contribution in [2.45, 2.75) is 25.2 Å². The van der Waals surface area contributed by atoms with Gasteiger partial charge in [0.15, 0.2) is 0 Å². The van der Waals surface area contributed by atoms with Gasteiger partial charge in [-0.15, -0.1) is 0 Å². The molecule has 0 bridgehead atoms. The van der Waals surface area contributed by atoms with Crippen LogP contribution in [-0.4, -0.2) is 36.3 Å². The Hall–Kier alpha value is -2.69. The molecule has 1 aliphatic carbocycles. The minimum atomic E-state index is -0.429. The van der Waals surface area contributed by atoms with E-state index in [4.69, 9.17) is 0 Å². The standard InChI is InChI=1S/C23H25FN2O2/c24-21-8-4-7-18(12-21)23(28)26-14-19(17-5-2-1-3-6-17)11-20(15-26)22(27)25-13-16-9-10-16/h1-8,12,16,19-20H,9-11,13-15H2,(H,25,27)/t19-,20+/m0/s1. The molecule has 2 amide bonds. The van der Waals surface area contributed by atoms with E-state index in [1.807, 2.05) is 30.3 Å². The molecule has 2 aromatic carbocycles. The molecule has 2 aliphatic rings. The van der Waals surface area contributed by atoms with Crippen LogP contribution in [-0.2, 0) is 4.79 Å². The molecule has 0 unspecified atom stereocenters. The first-order chi connectivity index (χ1) is 13.6. The molecule has 1 N–H and O–H groups in total. The minimum absolute atomic E-state index is 0.0181. The number of benzene rings is 2. The molecule has 1 saturated heterocycles. The fourth-order valence-electron chi connectivity index (χ4n) is 3.94. The van der Waals surface area contributed by atoms with Gasteiger partial charge >= 0.3 is 0 Å². The largest absolute Gasteiger partial charge is 0.356 e. The second-order valence-electron chi connectivity index (χ2n) is 7.95. The lowest BCUT2D eigenvalue weighted by Gasteiger charge is -2.37. The van der Waals surface area contributed by atoms with Crippen LogP contribution < -0.4 is 5.32 Å². The number of hydrogen-bond donors (Lipinski definition) is 1. The summed E-state index contributed by atoms with van der Waals surface area (Å²) in [5, 5.41) is 3.06. The van der Waals surface area contributed by atoms with E-state index in [9.17, 15) is 14.0 Å². The fraction of sp³-hybridized carbons (Fsp3) is 0.391. The summed E-state index contributed by atoms with van der Waals surface area (Å²) in [5.41, 5.74) is 1.45. The predicted molar refractivity (Wildman–Crippen MR) is 105 cm³/mol. The third kappa shape index (κ3) is 4.41. The van der Waals surface area contributed by atoms with Crippen LogP contribution in [0.3, 0.4) is 0 Å². The Kier molecular flexibility index (Phi) is 5.42. The Morgan fingerprint density at radius 1 is 1.04 bits per heavy atom. The predicted octanol–water partition coefficient (Wildman–Crippen LogP) is 3.60. The molecular weight excluding hydrogens is 355 g/mol. The van der Waals surface area contributed by atoms with Crippen molar-refractivity contribution in [3.8, 4) is 0 Å². The molecular formula is C23H25FN2O2. The molecule has 2 aromatic rings. The Bertz CT molecular complexity index is 851. The summed E-state index contributed by atoms with van der Waals surface area (Å²) in [6.45, 7) is 1.63. The van der Waals surface area contributed by atoms with Crippen molar-refractivity contribution in [2.75, 3.05) is 19.6 Å². The molecule has 4 nitrogen and oxygen atoms in total. The van der Waals surface area contributed by atoms with Crippen LogP contribution in [0.25, 0.3) is 0 Å². The summed E-state index contributed by atoms with van der Waals surface area (Å²) in [6, 6.07) is 15.8. The van der Waals surface area contributed by atoms with Gasteiger partial charge < -0.3 is 10.2 Å². The summed E-state index contributed by atoms with van der Waals surface area (Å²) in [6.07, 6.45) is 3.08. The van der Waals surface area contributed by atoms with Crippen molar-refractivity contribution in [1.82, 2.24) is 10.2 Å². The Balaban J connectivity index is 1.54. The first-order valence-corrected chi connectivity index (χ1v) is 9.97. The molecule has 1 heterocycles.